The van der Waals surface area contributed by atoms with E-state index < -0.39 is 0 Å². The van der Waals surface area contributed by atoms with Crippen LogP contribution >= 0.6 is 24.0 Å². The third kappa shape index (κ3) is 5.97. The van der Waals surface area contributed by atoms with Crippen LogP contribution in [0.3, 0.4) is 0 Å². The first-order valence-corrected chi connectivity index (χ1v) is 7.10. The fraction of sp³-hybridized carbons (Fsp3) is 0.846. The van der Waals surface area contributed by atoms with Gasteiger partial charge in [0.25, 0.3) is 0 Å². The number of hydrogen-bond acceptors (Lipinski definition) is 2. The zero-order valence-electron chi connectivity index (χ0n) is 11.4. The van der Waals surface area contributed by atoms with Crippen molar-refractivity contribution in [2.24, 2.45) is 16.6 Å². The van der Waals surface area contributed by atoms with Gasteiger partial charge in [-0.1, -0.05) is 12.8 Å². The van der Waals surface area contributed by atoms with Crippen molar-refractivity contribution >= 4 is 35.8 Å². The van der Waals surface area contributed by atoms with Crippen molar-refractivity contribution in [3.63, 3.8) is 0 Å². The Hall–Kier alpha value is -0.530. The maximum Gasteiger partial charge on any atom is 0.223 e. The van der Waals surface area contributed by atoms with Crippen molar-refractivity contribution in [1.29, 1.82) is 0 Å². The van der Waals surface area contributed by atoms with Crippen LogP contribution < -0.4 is 11.1 Å². The van der Waals surface area contributed by atoms with Gasteiger partial charge in [0.2, 0.25) is 5.91 Å². The molecule has 1 aliphatic carbocycles. The molecule has 1 amide bonds. The van der Waals surface area contributed by atoms with E-state index in [4.69, 9.17) is 5.73 Å². The number of guanidine groups is 1. The molecule has 3 N–H and O–H groups in total. The van der Waals surface area contributed by atoms with Gasteiger partial charge in [-0.15, -0.1) is 24.0 Å². The van der Waals surface area contributed by atoms with Crippen molar-refractivity contribution in [3.8, 4) is 0 Å². The number of amides is 1. The normalized spacial score (nSPS) is 20.4. The van der Waals surface area contributed by atoms with E-state index in [0.717, 1.165) is 25.9 Å². The van der Waals surface area contributed by atoms with Crippen LogP contribution in [-0.4, -0.2) is 42.9 Å². The van der Waals surface area contributed by atoms with Gasteiger partial charge in [-0.05, 0) is 25.7 Å². The second-order valence-electron chi connectivity index (χ2n) is 5.21. The Kier molecular flexibility index (Phi) is 7.48. The molecule has 0 spiro atoms. The van der Waals surface area contributed by atoms with Gasteiger partial charge >= 0.3 is 0 Å². The number of rotatable bonds is 4. The average molecular weight is 380 g/mol. The van der Waals surface area contributed by atoms with Crippen molar-refractivity contribution in [1.82, 2.24) is 10.2 Å². The summed E-state index contributed by atoms with van der Waals surface area (Å²) in [5, 5.41) is 2.90. The van der Waals surface area contributed by atoms with Crippen LogP contribution in [0.2, 0.25) is 0 Å². The lowest BCUT2D eigenvalue weighted by Gasteiger charge is -2.21. The molecule has 0 aromatic rings. The van der Waals surface area contributed by atoms with Crippen molar-refractivity contribution in [2.75, 3.05) is 26.2 Å². The van der Waals surface area contributed by atoms with E-state index in [9.17, 15) is 4.79 Å². The molecule has 6 heteroatoms. The van der Waals surface area contributed by atoms with Crippen LogP contribution in [0.4, 0.5) is 0 Å². The molecule has 110 valence electrons. The molecule has 2 aliphatic rings. The second-order valence-corrected chi connectivity index (χ2v) is 5.21. The zero-order valence-corrected chi connectivity index (χ0v) is 13.8. The summed E-state index contributed by atoms with van der Waals surface area (Å²) in [5.41, 5.74) is 5.97. The van der Waals surface area contributed by atoms with Crippen LogP contribution in [0.25, 0.3) is 0 Å². The van der Waals surface area contributed by atoms with Gasteiger partial charge in [-0.3, -0.25) is 9.79 Å². The van der Waals surface area contributed by atoms with Gasteiger partial charge < -0.3 is 16.0 Å². The molecule has 19 heavy (non-hydrogen) atoms. The third-order valence-corrected chi connectivity index (χ3v) is 3.56. The Labute approximate surface area is 132 Å². The smallest absolute Gasteiger partial charge is 0.223 e. The van der Waals surface area contributed by atoms with Gasteiger partial charge in [0, 0.05) is 25.6 Å². The quantitative estimate of drug-likeness (QED) is 0.335. The molecule has 1 saturated heterocycles. The largest absolute Gasteiger partial charge is 0.370 e. The maximum absolute atomic E-state index is 11.4. The maximum atomic E-state index is 11.4. The van der Waals surface area contributed by atoms with E-state index in [-0.39, 0.29) is 35.8 Å². The van der Waals surface area contributed by atoms with E-state index in [1.54, 1.807) is 0 Å². The molecule has 0 aromatic heterocycles. The molecule has 1 heterocycles. The molecular formula is C13H25IN4O. The predicted octanol–water partition coefficient (Wildman–Crippen LogP) is 1.32. The van der Waals surface area contributed by atoms with E-state index in [1.807, 2.05) is 0 Å². The lowest BCUT2D eigenvalue weighted by molar-refractivity contribution is -0.122. The number of nitrogens with zero attached hydrogens (tertiary/aromatic N) is 2. The Bertz CT molecular complexity index is 310. The summed E-state index contributed by atoms with van der Waals surface area (Å²) in [6.45, 7) is 3.22. The lowest BCUT2D eigenvalue weighted by atomic mass is 10.2. The summed E-state index contributed by atoms with van der Waals surface area (Å²) >= 11 is 0. The standard InChI is InChI=1S/C13H24N4O.HI/c14-13(17-9-3-1-2-4-10-17)16-8-7-15-12(18)11-5-6-11;/h11H,1-10H2,(H2,14,16)(H,15,18);1H. The van der Waals surface area contributed by atoms with E-state index in [2.05, 4.69) is 15.2 Å². The molecule has 0 aromatic carbocycles. The topological polar surface area (TPSA) is 70.7 Å². The van der Waals surface area contributed by atoms with Crippen LogP contribution in [0.5, 0.6) is 0 Å². The van der Waals surface area contributed by atoms with E-state index >= 15 is 0 Å². The van der Waals surface area contributed by atoms with E-state index in [0.29, 0.717) is 19.0 Å². The average Bonchev–Trinajstić information content (AvgIpc) is 3.19. The fourth-order valence-electron chi connectivity index (χ4n) is 2.24. The van der Waals surface area contributed by atoms with Gasteiger partial charge in [0.05, 0.1) is 6.54 Å². The molecule has 0 unspecified atom stereocenters. The van der Waals surface area contributed by atoms with E-state index in [1.165, 1.54) is 25.7 Å². The fourth-order valence-corrected chi connectivity index (χ4v) is 2.24. The summed E-state index contributed by atoms with van der Waals surface area (Å²) in [6, 6.07) is 0. The zero-order chi connectivity index (χ0) is 12.8. The van der Waals surface area contributed by atoms with Crippen molar-refractivity contribution < 1.29 is 4.79 Å². The number of aliphatic imine (C=N–C) groups is 1. The third-order valence-electron chi connectivity index (χ3n) is 3.56. The first-order valence-electron chi connectivity index (χ1n) is 7.10. The highest BCUT2D eigenvalue weighted by Crippen LogP contribution is 2.28. The molecule has 5 nitrogen and oxygen atoms in total. The van der Waals surface area contributed by atoms with Gasteiger partial charge in [0.1, 0.15) is 0 Å². The van der Waals surface area contributed by atoms with Crippen molar-refractivity contribution in [3.05, 3.63) is 0 Å². The first-order chi connectivity index (χ1) is 8.77. The van der Waals surface area contributed by atoms with Crippen LogP contribution in [0, 0.1) is 5.92 Å². The molecule has 2 rings (SSSR count). The Balaban J connectivity index is 0.00000180. The highest BCUT2D eigenvalue weighted by molar-refractivity contribution is 14.0. The molecule has 0 radical (unpaired) electrons. The summed E-state index contributed by atoms with van der Waals surface area (Å²) in [7, 11) is 0. The number of halogens is 1. The number of hydrogen-bond donors (Lipinski definition) is 2. The minimum atomic E-state index is 0. The number of nitrogens with one attached hydrogen (secondary N) is 1. The lowest BCUT2D eigenvalue weighted by Crippen LogP contribution is -2.38. The summed E-state index contributed by atoms with van der Waals surface area (Å²) < 4.78 is 0. The van der Waals surface area contributed by atoms with Crippen LogP contribution in [0.15, 0.2) is 4.99 Å². The molecule has 2 fully saturated rings. The summed E-state index contributed by atoms with van der Waals surface area (Å²) in [5.74, 6) is 1.09. The highest BCUT2D eigenvalue weighted by Gasteiger charge is 2.28. The minimum absolute atomic E-state index is 0. The molecular weight excluding hydrogens is 355 g/mol. The molecule has 1 aliphatic heterocycles. The summed E-state index contributed by atoms with van der Waals surface area (Å²) in [6.07, 6.45) is 7.09. The van der Waals surface area contributed by atoms with Crippen molar-refractivity contribution in [2.45, 2.75) is 38.5 Å². The molecule has 0 atom stereocenters. The second kappa shape index (κ2) is 8.60. The molecule has 1 saturated carbocycles. The Morgan fingerprint density at radius 3 is 2.42 bits per heavy atom. The van der Waals surface area contributed by atoms with Crippen LogP contribution in [0.1, 0.15) is 38.5 Å². The molecule has 0 bridgehead atoms. The Morgan fingerprint density at radius 1 is 1.21 bits per heavy atom. The SMILES string of the molecule is I.NC(=NCCNC(=O)C1CC1)N1CCCCCC1. The minimum Gasteiger partial charge on any atom is -0.370 e. The number of carbonyl (C=O) groups is 1. The number of nitrogens with two attached hydrogens (primary N) is 1. The Morgan fingerprint density at radius 2 is 1.84 bits per heavy atom. The van der Waals surface area contributed by atoms with Crippen LogP contribution in [-0.2, 0) is 4.79 Å². The number of carbonyl (C=O) groups excluding carboxylic acids is 1. The first kappa shape index (κ1) is 16.5. The number of likely N-dealkylation sites (tertiary alicyclic amines) is 1. The van der Waals surface area contributed by atoms with Gasteiger partial charge in [-0.25, -0.2) is 0 Å². The predicted molar refractivity (Wildman–Crippen MR) is 87.7 cm³/mol. The van der Waals surface area contributed by atoms with Gasteiger partial charge in [-0.2, -0.15) is 0 Å². The van der Waals surface area contributed by atoms with Gasteiger partial charge in [0.15, 0.2) is 5.96 Å². The highest BCUT2D eigenvalue weighted by atomic mass is 127. The monoisotopic (exact) mass is 380 g/mol. The summed E-state index contributed by atoms with van der Waals surface area (Å²) in [4.78, 5) is 17.9.